The minimum Gasteiger partial charge on any atom is -0.490 e. The number of carbonyl (C=O) groups is 2. The number of nitrogens with one attached hydrogen (secondary N) is 1. The lowest BCUT2D eigenvalue weighted by Crippen LogP contribution is -2.54. The zero-order valence-corrected chi connectivity index (χ0v) is 33.4. The van der Waals surface area contributed by atoms with E-state index in [2.05, 4.69) is 20.7 Å². The summed E-state index contributed by atoms with van der Waals surface area (Å²) in [6, 6.07) is 10.6. The van der Waals surface area contributed by atoms with Crippen LogP contribution in [0.4, 0.5) is 14.5 Å². The number of halogens is 3. The molecule has 300 valence electrons. The van der Waals surface area contributed by atoms with E-state index in [9.17, 15) is 22.4 Å². The molecule has 1 aromatic heterocycles. The molecule has 1 aliphatic carbocycles. The summed E-state index contributed by atoms with van der Waals surface area (Å²) >= 11 is 6.45. The molecular formula is C41H48ClF2N5O6S. The smallest absolute Gasteiger partial charge is 0.264 e. The molecule has 15 heteroatoms. The fraction of sp³-hybridized carbons (Fsp3) is 0.488. The van der Waals surface area contributed by atoms with Crippen LogP contribution in [0.3, 0.4) is 0 Å². The standard InChI is InChI=1S/C41H48ClF2N5O6S/c1-26-8-12-35(44)38(40(51)47(3)16-17-54-33-20-31(43)21-45-22-33)49-15-5-7-32(49)23-48-24-41(14-4-6-28-18-30(42)10-11-34(28)41)25-55-37-13-9-29(19-36(37)48)39(50)46-56(52,53)27(26)2/h9-13,18-22,26-27,32,38H,4-8,14-17,23-25H2,1-3H3,(H,46,50)/b35-12-/t26-,27+,32-,38+,41-/m0/s1. The van der Waals surface area contributed by atoms with E-state index in [1.807, 2.05) is 17.0 Å². The topological polar surface area (TPSA) is 121 Å². The van der Waals surface area contributed by atoms with Gasteiger partial charge in [0.1, 0.15) is 35.8 Å². The molecule has 11 nitrogen and oxygen atoms in total. The minimum atomic E-state index is -4.18. The number of likely N-dealkylation sites (N-methyl/N-ethyl adjacent to an activating group) is 1. The SMILES string of the molecule is C[C@@H]1[C@@H](C)C/C=C(\F)[C@H](C(=O)N(C)CCOc2cncc(F)c2)N2CCC[C@H]2CN2C[C@@]3(CCCc4cc(Cl)ccc43)COc3ccc(cc32)C(=O)NS1(=O)=O. The third kappa shape index (κ3) is 8.24. The van der Waals surface area contributed by atoms with Gasteiger partial charge in [-0.15, -0.1) is 0 Å². The first kappa shape index (κ1) is 39.9. The number of aromatic nitrogens is 1. The summed E-state index contributed by atoms with van der Waals surface area (Å²) in [6.45, 7) is 4.97. The molecule has 0 unspecified atom stereocenters. The highest BCUT2D eigenvalue weighted by atomic mass is 35.5. The number of amides is 2. The third-order valence-corrected chi connectivity index (χ3v) is 14.1. The second-order valence-electron chi connectivity index (χ2n) is 15.7. The Labute approximate surface area is 332 Å². The Kier molecular flexibility index (Phi) is 11.6. The Morgan fingerprint density at radius 3 is 2.77 bits per heavy atom. The molecule has 1 spiro atoms. The summed E-state index contributed by atoms with van der Waals surface area (Å²) in [6.07, 6.45) is 7.79. The van der Waals surface area contributed by atoms with Crippen LogP contribution in [-0.2, 0) is 26.7 Å². The zero-order valence-electron chi connectivity index (χ0n) is 31.8. The third-order valence-electron chi connectivity index (χ3n) is 11.9. The molecule has 3 aliphatic heterocycles. The molecule has 2 aromatic carbocycles. The summed E-state index contributed by atoms with van der Waals surface area (Å²) in [4.78, 5) is 37.3. The highest BCUT2D eigenvalue weighted by Gasteiger charge is 2.45. The molecule has 1 saturated heterocycles. The lowest BCUT2D eigenvalue weighted by Gasteiger charge is -2.42. The number of rotatable bonds is 5. The van der Waals surface area contributed by atoms with Gasteiger partial charge in [-0.25, -0.2) is 21.9 Å². The second-order valence-corrected chi connectivity index (χ2v) is 18.1. The highest BCUT2D eigenvalue weighted by Crippen LogP contribution is 2.45. The van der Waals surface area contributed by atoms with E-state index in [4.69, 9.17) is 21.1 Å². The minimum absolute atomic E-state index is 0.0119. The molecule has 56 heavy (non-hydrogen) atoms. The first-order valence-corrected chi connectivity index (χ1v) is 21.1. The van der Waals surface area contributed by atoms with Gasteiger partial charge in [0.2, 0.25) is 15.9 Å². The summed E-state index contributed by atoms with van der Waals surface area (Å²) in [5.74, 6) is -2.31. The maximum absolute atomic E-state index is 16.8. The quantitative estimate of drug-likeness (QED) is 0.328. The van der Waals surface area contributed by atoms with Crippen LogP contribution in [0.1, 0.15) is 67.4 Å². The number of anilines is 1. The van der Waals surface area contributed by atoms with Gasteiger partial charge < -0.3 is 19.3 Å². The van der Waals surface area contributed by atoms with Crippen LogP contribution in [-0.4, -0.2) is 98.8 Å². The number of hydrogen-bond acceptors (Lipinski definition) is 9. The van der Waals surface area contributed by atoms with Crippen LogP contribution in [0.2, 0.25) is 5.02 Å². The van der Waals surface area contributed by atoms with E-state index in [0.717, 1.165) is 43.0 Å². The number of sulfonamides is 1. The second kappa shape index (κ2) is 16.3. The van der Waals surface area contributed by atoms with Crippen molar-refractivity contribution in [2.24, 2.45) is 5.92 Å². The molecular weight excluding hydrogens is 764 g/mol. The van der Waals surface area contributed by atoms with E-state index in [1.165, 1.54) is 30.2 Å². The number of fused-ring (bicyclic) bond motifs is 4. The number of pyridine rings is 1. The van der Waals surface area contributed by atoms with E-state index in [0.29, 0.717) is 49.1 Å². The molecule has 7 rings (SSSR count). The van der Waals surface area contributed by atoms with Crippen molar-refractivity contribution in [1.29, 1.82) is 0 Å². The van der Waals surface area contributed by atoms with Crippen molar-refractivity contribution >= 4 is 39.1 Å². The van der Waals surface area contributed by atoms with Crippen LogP contribution in [0.15, 0.2) is 66.8 Å². The highest BCUT2D eigenvalue weighted by molar-refractivity contribution is 7.90. The van der Waals surface area contributed by atoms with Gasteiger partial charge in [-0.05, 0) is 99.4 Å². The van der Waals surface area contributed by atoms with Crippen molar-refractivity contribution in [3.63, 3.8) is 0 Å². The Hall–Kier alpha value is -4.27. The summed E-state index contributed by atoms with van der Waals surface area (Å²) in [5, 5.41) is -0.400. The molecule has 2 amide bonds. The predicted molar refractivity (Wildman–Crippen MR) is 210 cm³/mol. The molecule has 0 saturated carbocycles. The monoisotopic (exact) mass is 811 g/mol. The van der Waals surface area contributed by atoms with Gasteiger partial charge in [0.15, 0.2) is 0 Å². The van der Waals surface area contributed by atoms with E-state index in [1.54, 1.807) is 32.2 Å². The van der Waals surface area contributed by atoms with Gasteiger partial charge in [0, 0.05) is 48.2 Å². The molecule has 4 aliphatic rings. The number of ether oxygens (including phenoxy) is 2. The Morgan fingerprint density at radius 1 is 1.14 bits per heavy atom. The van der Waals surface area contributed by atoms with Gasteiger partial charge in [0.05, 0.1) is 36.5 Å². The summed E-state index contributed by atoms with van der Waals surface area (Å²) in [5.41, 5.74) is 2.63. The van der Waals surface area contributed by atoms with Gasteiger partial charge in [-0.2, -0.15) is 0 Å². The fourth-order valence-electron chi connectivity index (χ4n) is 8.60. The first-order valence-electron chi connectivity index (χ1n) is 19.2. The van der Waals surface area contributed by atoms with Crippen molar-refractivity contribution in [3.8, 4) is 11.5 Å². The van der Waals surface area contributed by atoms with Gasteiger partial charge in [-0.1, -0.05) is 30.7 Å². The van der Waals surface area contributed by atoms with Crippen molar-refractivity contribution < 1.29 is 36.3 Å². The van der Waals surface area contributed by atoms with Crippen LogP contribution >= 0.6 is 11.6 Å². The lowest BCUT2D eigenvalue weighted by molar-refractivity contribution is -0.135. The van der Waals surface area contributed by atoms with Crippen LogP contribution < -0.4 is 19.1 Å². The van der Waals surface area contributed by atoms with Crippen LogP contribution in [0.25, 0.3) is 0 Å². The van der Waals surface area contributed by atoms with Crippen molar-refractivity contribution in [2.75, 3.05) is 51.3 Å². The average molecular weight is 812 g/mol. The Balaban J connectivity index is 1.27. The molecule has 1 N–H and O–H groups in total. The number of carbonyl (C=O) groups excluding carboxylic acids is 2. The van der Waals surface area contributed by atoms with E-state index < -0.39 is 56.1 Å². The first-order chi connectivity index (χ1) is 26.7. The predicted octanol–water partition coefficient (Wildman–Crippen LogP) is 6.06. The van der Waals surface area contributed by atoms with Crippen LogP contribution in [0, 0.1) is 11.7 Å². The van der Waals surface area contributed by atoms with Gasteiger partial charge in [-0.3, -0.25) is 19.5 Å². The number of allylic oxidation sites excluding steroid dienone is 1. The van der Waals surface area contributed by atoms with Crippen molar-refractivity contribution in [2.45, 2.75) is 75.1 Å². The summed E-state index contributed by atoms with van der Waals surface area (Å²) in [7, 11) is -2.61. The van der Waals surface area contributed by atoms with E-state index in [-0.39, 0.29) is 36.9 Å². The molecule has 2 bridgehead atoms. The maximum Gasteiger partial charge on any atom is 0.264 e. The molecule has 3 aromatic rings. The van der Waals surface area contributed by atoms with Crippen LogP contribution in [0.5, 0.6) is 11.5 Å². The van der Waals surface area contributed by atoms with Crippen molar-refractivity contribution in [1.82, 2.24) is 19.5 Å². The van der Waals surface area contributed by atoms with Gasteiger partial charge >= 0.3 is 0 Å². The molecule has 1 fully saturated rings. The maximum atomic E-state index is 16.8. The van der Waals surface area contributed by atoms with Crippen molar-refractivity contribution in [3.05, 3.63) is 94.3 Å². The number of benzene rings is 2. The normalized spacial score (nSPS) is 27.5. The Morgan fingerprint density at radius 2 is 1.96 bits per heavy atom. The Bertz CT molecular complexity index is 2120. The fourth-order valence-corrected chi connectivity index (χ4v) is 10.1. The van der Waals surface area contributed by atoms with E-state index >= 15 is 4.39 Å². The number of aryl methyl sites for hydroxylation is 1. The number of hydrogen-bond donors (Lipinski definition) is 1. The lowest BCUT2D eigenvalue weighted by atomic mass is 9.70. The molecule has 5 atom stereocenters. The molecule has 0 radical (unpaired) electrons. The average Bonchev–Trinajstić information content (AvgIpc) is 3.55. The number of nitrogens with zero attached hydrogens (tertiary/aromatic N) is 4. The van der Waals surface area contributed by atoms with Gasteiger partial charge in [0.25, 0.3) is 5.91 Å². The largest absolute Gasteiger partial charge is 0.490 e. The summed E-state index contributed by atoms with van der Waals surface area (Å²) < 4.78 is 72.1. The molecule has 4 heterocycles. The zero-order chi connectivity index (χ0) is 39.8.